The molecule has 3 rings (SSSR count). The minimum Gasteiger partial charge on any atom is -0.351 e. The van der Waals surface area contributed by atoms with Crippen LogP contribution in [-0.2, 0) is 17.9 Å². The molecule has 2 aromatic carbocycles. The van der Waals surface area contributed by atoms with E-state index in [9.17, 15) is 4.79 Å². The van der Waals surface area contributed by atoms with Crippen LogP contribution in [0.1, 0.15) is 11.1 Å². The number of aromatic nitrogens is 2. The molecular formula is C24H28ClN5OS. The first-order chi connectivity index (χ1) is 15.5. The first-order valence-corrected chi connectivity index (χ1v) is 11.8. The molecule has 6 nitrogen and oxygen atoms in total. The summed E-state index contributed by atoms with van der Waals surface area (Å²) in [5.74, 6) is 0.906. The van der Waals surface area contributed by atoms with Gasteiger partial charge in [0.25, 0.3) is 0 Å². The van der Waals surface area contributed by atoms with Crippen LogP contribution >= 0.6 is 23.4 Å². The van der Waals surface area contributed by atoms with Crippen molar-refractivity contribution in [2.45, 2.75) is 18.2 Å². The molecule has 0 atom stereocenters. The van der Waals surface area contributed by atoms with Crippen molar-refractivity contribution in [3.63, 3.8) is 0 Å². The Hall–Kier alpha value is -2.61. The number of hydrogen-bond donors (Lipinski definition) is 1. The van der Waals surface area contributed by atoms with Crippen LogP contribution in [0, 0.1) is 0 Å². The summed E-state index contributed by atoms with van der Waals surface area (Å²) in [5.41, 5.74) is 2.25. The lowest BCUT2D eigenvalue weighted by molar-refractivity contribution is -0.118. The first-order valence-electron chi connectivity index (χ1n) is 10.4. The van der Waals surface area contributed by atoms with Crippen molar-refractivity contribution < 1.29 is 4.79 Å². The highest BCUT2D eigenvalue weighted by Gasteiger charge is 2.14. The molecule has 8 heteroatoms. The van der Waals surface area contributed by atoms with Crippen LogP contribution in [-0.4, -0.2) is 53.7 Å². The number of benzene rings is 2. The molecule has 0 spiro atoms. The maximum atomic E-state index is 12.3. The van der Waals surface area contributed by atoms with E-state index in [1.54, 1.807) is 6.07 Å². The normalized spacial score (nSPS) is 10.9. The number of likely N-dealkylation sites (N-methyl/N-ethyl adjacent to an activating group) is 1. The lowest BCUT2D eigenvalue weighted by Crippen LogP contribution is -2.32. The minimum atomic E-state index is -0.0715. The third-order valence-electron chi connectivity index (χ3n) is 4.68. The van der Waals surface area contributed by atoms with Gasteiger partial charge in [-0.2, -0.15) is 0 Å². The van der Waals surface area contributed by atoms with E-state index in [2.05, 4.69) is 32.2 Å². The Labute approximate surface area is 199 Å². The number of thioether (sulfide) groups is 1. The number of nitrogens with zero attached hydrogens (tertiary/aromatic N) is 4. The number of carbonyl (C=O) groups is 1. The van der Waals surface area contributed by atoms with Gasteiger partial charge in [-0.3, -0.25) is 4.79 Å². The third-order valence-corrected chi connectivity index (χ3v) is 5.72. The van der Waals surface area contributed by atoms with Gasteiger partial charge in [0.2, 0.25) is 5.91 Å². The Morgan fingerprint density at radius 1 is 0.969 bits per heavy atom. The molecule has 1 aromatic heterocycles. The Kier molecular flexibility index (Phi) is 9.34. The van der Waals surface area contributed by atoms with Crippen LogP contribution in [0.2, 0.25) is 5.15 Å². The smallest absolute Gasteiger partial charge is 0.230 e. The molecule has 0 aliphatic rings. The van der Waals surface area contributed by atoms with Crippen molar-refractivity contribution in [3.05, 3.63) is 83.0 Å². The van der Waals surface area contributed by atoms with E-state index in [0.717, 1.165) is 24.5 Å². The summed E-state index contributed by atoms with van der Waals surface area (Å²) in [6, 6.07) is 21.9. The molecule has 32 heavy (non-hydrogen) atoms. The standard InChI is InChI=1S/C24H28ClN5OS/c1-29(2)13-14-30(17-20-11-7-4-8-12-20)22-15-21(25)27-24(28-22)32-18-23(31)26-16-19-9-5-3-6-10-19/h3-12,15H,13-14,16-18H2,1-2H3,(H,26,31). The van der Waals surface area contributed by atoms with Gasteiger partial charge in [0.1, 0.15) is 11.0 Å². The predicted octanol–water partition coefficient (Wildman–Crippen LogP) is 4.11. The highest BCUT2D eigenvalue weighted by Crippen LogP contribution is 2.23. The average molecular weight is 470 g/mol. The molecule has 1 heterocycles. The van der Waals surface area contributed by atoms with Crippen molar-refractivity contribution in [3.8, 4) is 0 Å². The van der Waals surface area contributed by atoms with Gasteiger partial charge in [0, 0.05) is 32.2 Å². The lowest BCUT2D eigenvalue weighted by Gasteiger charge is -2.26. The van der Waals surface area contributed by atoms with Crippen LogP contribution in [0.5, 0.6) is 0 Å². The number of hydrogen-bond acceptors (Lipinski definition) is 6. The summed E-state index contributed by atoms with van der Waals surface area (Å²) < 4.78 is 0. The molecular weight excluding hydrogens is 442 g/mol. The molecule has 1 N–H and O–H groups in total. The van der Waals surface area contributed by atoms with E-state index >= 15 is 0 Å². The largest absolute Gasteiger partial charge is 0.351 e. The topological polar surface area (TPSA) is 61.4 Å². The number of rotatable bonds is 11. The van der Waals surface area contributed by atoms with E-state index in [4.69, 9.17) is 16.6 Å². The van der Waals surface area contributed by atoms with Crippen LogP contribution in [0.15, 0.2) is 71.9 Å². The Morgan fingerprint density at radius 2 is 1.62 bits per heavy atom. The van der Waals surface area contributed by atoms with E-state index < -0.39 is 0 Å². The average Bonchev–Trinajstić information content (AvgIpc) is 2.80. The molecule has 0 aliphatic heterocycles. The lowest BCUT2D eigenvalue weighted by atomic mass is 10.2. The van der Waals surface area contributed by atoms with Crippen molar-refractivity contribution in [2.75, 3.05) is 37.8 Å². The first kappa shape index (κ1) is 24.0. The third kappa shape index (κ3) is 8.15. The number of carbonyl (C=O) groups excluding carboxylic acids is 1. The van der Waals surface area contributed by atoms with Gasteiger partial charge in [-0.15, -0.1) is 0 Å². The number of amides is 1. The van der Waals surface area contributed by atoms with Crippen molar-refractivity contribution >= 4 is 35.1 Å². The molecule has 1 amide bonds. The minimum absolute atomic E-state index is 0.0715. The maximum absolute atomic E-state index is 12.3. The van der Waals surface area contributed by atoms with Crippen molar-refractivity contribution in [1.82, 2.24) is 20.2 Å². The van der Waals surface area contributed by atoms with Gasteiger partial charge in [-0.1, -0.05) is 84.0 Å². The summed E-state index contributed by atoms with van der Waals surface area (Å²) in [4.78, 5) is 25.6. The highest BCUT2D eigenvalue weighted by molar-refractivity contribution is 7.99. The van der Waals surface area contributed by atoms with Gasteiger partial charge in [-0.25, -0.2) is 9.97 Å². The second-order valence-corrected chi connectivity index (χ2v) is 8.92. The monoisotopic (exact) mass is 469 g/mol. The quantitative estimate of drug-likeness (QED) is 0.259. The Bertz CT molecular complexity index is 988. The fraction of sp³-hybridized carbons (Fsp3) is 0.292. The SMILES string of the molecule is CN(C)CCN(Cc1ccccc1)c1cc(Cl)nc(SCC(=O)NCc2ccccc2)n1. The second kappa shape index (κ2) is 12.4. The van der Waals surface area contributed by atoms with Crippen molar-refractivity contribution in [1.29, 1.82) is 0 Å². The van der Waals surface area contributed by atoms with Crippen LogP contribution < -0.4 is 10.2 Å². The van der Waals surface area contributed by atoms with E-state index in [1.165, 1.54) is 17.3 Å². The Morgan fingerprint density at radius 3 is 2.28 bits per heavy atom. The molecule has 0 unspecified atom stereocenters. The number of anilines is 1. The Balaban J connectivity index is 1.65. The van der Waals surface area contributed by atoms with Crippen LogP contribution in [0.25, 0.3) is 0 Å². The molecule has 0 fully saturated rings. The fourth-order valence-corrected chi connectivity index (χ4v) is 3.90. The zero-order valence-corrected chi connectivity index (χ0v) is 19.9. The highest BCUT2D eigenvalue weighted by atomic mass is 35.5. The van der Waals surface area contributed by atoms with Crippen molar-refractivity contribution in [2.24, 2.45) is 0 Å². The summed E-state index contributed by atoms with van der Waals surface area (Å²) in [7, 11) is 4.09. The fourth-order valence-electron chi connectivity index (χ4n) is 2.99. The zero-order valence-electron chi connectivity index (χ0n) is 18.4. The van der Waals surface area contributed by atoms with Gasteiger partial charge < -0.3 is 15.1 Å². The van der Waals surface area contributed by atoms with E-state index in [1.807, 2.05) is 62.6 Å². The van der Waals surface area contributed by atoms with Crippen LogP contribution in [0.4, 0.5) is 5.82 Å². The molecule has 0 bridgehead atoms. The van der Waals surface area contributed by atoms with Gasteiger partial charge >= 0.3 is 0 Å². The molecule has 3 aromatic rings. The maximum Gasteiger partial charge on any atom is 0.230 e. The second-order valence-electron chi connectivity index (χ2n) is 7.59. The number of halogens is 1. The van der Waals surface area contributed by atoms with Gasteiger partial charge in [0.05, 0.1) is 5.75 Å². The molecule has 0 saturated heterocycles. The summed E-state index contributed by atoms with van der Waals surface area (Å²) >= 11 is 7.60. The summed E-state index contributed by atoms with van der Waals surface area (Å²) in [6.45, 7) is 2.87. The van der Waals surface area contributed by atoms with Gasteiger partial charge in [-0.05, 0) is 25.2 Å². The van der Waals surface area contributed by atoms with E-state index in [-0.39, 0.29) is 11.7 Å². The molecule has 168 valence electrons. The number of nitrogens with one attached hydrogen (secondary N) is 1. The summed E-state index contributed by atoms with van der Waals surface area (Å²) in [6.07, 6.45) is 0. The van der Waals surface area contributed by atoms with Gasteiger partial charge in [0.15, 0.2) is 5.16 Å². The predicted molar refractivity (Wildman–Crippen MR) is 132 cm³/mol. The summed E-state index contributed by atoms with van der Waals surface area (Å²) in [5, 5.41) is 3.78. The molecule has 0 radical (unpaired) electrons. The molecule has 0 saturated carbocycles. The van der Waals surface area contributed by atoms with E-state index in [0.29, 0.717) is 23.4 Å². The van der Waals surface area contributed by atoms with Crippen LogP contribution in [0.3, 0.4) is 0 Å². The zero-order chi connectivity index (χ0) is 22.8. The molecule has 0 aliphatic carbocycles.